The highest BCUT2D eigenvalue weighted by atomic mass is 31.2. The van der Waals surface area contributed by atoms with Gasteiger partial charge in [-0.05, 0) is 38.3 Å². The van der Waals surface area contributed by atoms with Crippen molar-refractivity contribution in [1.29, 1.82) is 0 Å². The van der Waals surface area contributed by atoms with Gasteiger partial charge in [-0.25, -0.2) is 10.5 Å². The minimum Gasteiger partial charge on any atom is -0.394 e. The molecule has 0 fully saturated rings. The molecule has 134 valence electrons. The average molecular weight is 361 g/mol. The molecule has 0 radical (unpaired) electrons. The van der Waals surface area contributed by atoms with Crippen molar-refractivity contribution in [3.63, 3.8) is 0 Å². The van der Waals surface area contributed by atoms with E-state index in [1.54, 1.807) is 0 Å². The maximum atomic E-state index is 13.0. The molecule has 1 aliphatic rings. The normalized spacial score (nSPS) is 22.1. The summed E-state index contributed by atoms with van der Waals surface area (Å²) in [5.74, 6) is 6.36. The van der Waals surface area contributed by atoms with E-state index in [0.29, 0.717) is 11.5 Å². The Balaban J connectivity index is 2.35. The number of nitrogens with two attached hydrogens (primary N) is 1. The molecule has 1 heterocycles. The standard InChI is InChI=1S/C19H24NO4P/c1-6-15-8-12(3)10-17-14(5)16-9-11(2)7-13(4)18(16)22-25(21,24-20)23-19(15)17/h7-10,14H,6,20H2,1-5H3. The number of hydrogen-bond donors (Lipinski definition) is 1. The van der Waals surface area contributed by atoms with Crippen molar-refractivity contribution in [2.45, 2.75) is 47.0 Å². The monoisotopic (exact) mass is 361 g/mol. The zero-order valence-electron chi connectivity index (χ0n) is 15.3. The van der Waals surface area contributed by atoms with Crippen LogP contribution in [0.1, 0.15) is 53.1 Å². The fourth-order valence-corrected chi connectivity index (χ4v) is 4.50. The fraction of sp³-hybridized carbons (Fsp3) is 0.368. The lowest BCUT2D eigenvalue weighted by atomic mass is 9.87. The summed E-state index contributed by atoms with van der Waals surface area (Å²) in [7, 11) is -3.98. The highest BCUT2D eigenvalue weighted by Gasteiger charge is 2.37. The van der Waals surface area contributed by atoms with Crippen molar-refractivity contribution >= 4 is 7.82 Å². The van der Waals surface area contributed by atoms with Crippen LogP contribution >= 0.6 is 7.82 Å². The Morgan fingerprint density at radius 2 is 1.60 bits per heavy atom. The molecule has 3 rings (SSSR count). The number of phosphoric ester groups is 1. The SMILES string of the molecule is CCc1cc(C)cc2c1OP(=O)(ON)Oc1c(C)cc(C)cc1C2C. The van der Waals surface area contributed by atoms with E-state index in [0.717, 1.165) is 39.8 Å². The van der Waals surface area contributed by atoms with Gasteiger partial charge in [-0.3, -0.25) is 0 Å². The molecule has 5 nitrogen and oxygen atoms in total. The van der Waals surface area contributed by atoms with Crippen molar-refractivity contribution < 1.29 is 18.2 Å². The molecule has 0 saturated carbocycles. The second-order valence-electron chi connectivity index (χ2n) is 6.65. The zero-order chi connectivity index (χ0) is 18.4. The minimum atomic E-state index is -3.98. The predicted octanol–water partition coefficient (Wildman–Crippen LogP) is 5.10. The average Bonchev–Trinajstić information content (AvgIpc) is 2.56. The van der Waals surface area contributed by atoms with Crippen LogP contribution in [0, 0.1) is 20.8 Å². The van der Waals surface area contributed by atoms with Gasteiger partial charge in [0, 0.05) is 17.0 Å². The van der Waals surface area contributed by atoms with Gasteiger partial charge in [-0.15, -0.1) is 0 Å². The third-order valence-electron chi connectivity index (χ3n) is 4.64. The van der Waals surface area contributed by atoms with Crippen LogP contribution in [0.2, 0.25) is 0 Å². The lowest BCUT2D eigenvalue weighted by molar-refractivity contribution is 0.210. The summed E-state index contributed by atoms with van der Waals surface area (Å²) in [5.41, 5.74) is 5.98. The number of phosphoric acid groups is 1. The first-order chi connectivity index (χ1) is 11.8. The van der Waals surface area contributed by atoms with E-state index in [4.69, 9.17) is 14.9 Å². The highest BCUT2D eigenvalue weighted by Crippen LogP contribution is 2.55. The van der Waals surface area contributed by atoms with Gasteiger partial charge in [-0.1, -0.05) is 49.2 Å². The van der Waals surface area contributed by atoms with Gasteiger partial charge in [0.2, 0.25) is 0 Å². The number of hydrogen-bond acceptors (Lipinski definition) is 5. The Labute approximate surface area is 148 Å². The summed E-state index contributed by atoms with van der Waals surface area (Å²) in [6.45, 7) is 10.1. The minimum absolute atomic E-state index is 0.0142. The van der Waals surface area contributed by atoms with Crippen molar-refractivity contribution in [2.24, 2.45) is 5.90 Å². The van der Waals surface area contributed by atoms with Crippen molar-refractivity contribution in [3.05, 3.63) is 57.6 Å². The Kier molecular flexibility index (Phi) is 4.67. The van der Waals surface area contributed by atoms with Crippen molar-refractivity contribution in [1.82, 2.24) is 0 Å². The zero-order valence-corrected chi connectivity index (χ0v) is 16.1. The maximum Gasteiger partial charge on any atom is 0.604 e. The third-order valence-corrected chi connectivity index (χ3v) is 5.71. The summed E-state index contributed by atoms with van der Waals surface area (Å²) < 4.78 is 29.1. The molecular weight excluding hydrogens is 337 g/mol. The van der Waals surface area contributed by atoms with Gasteiger partial charge < -0.3 is 9.05 Å². The van der Waals surface area contributed by atoms with Crippen LogP contribution in [0.4, 0.5) is 0 Å². The summed E-state index contributed by atoms with van der Waals surface area (Å²) in [5, 5.41) is 0. The first kappa shape index (κ1) is 18.0. The quantitative estimate of drug-likeness (QED) is 0.595. The molecule has 0 bridgehead atoms. The van der Waals surface area contributed by atoms with Crippen molar-refractivity contribution in [3.8, 4) is 11.5 Å². The first-order valence-corrected chi connectivity index (χ1v) is 9.86. The molecule has 2 aromatic carbocycles. The second-order valence-corrected chi connectivity index (χ2v) is 8.12. The molecule has 0 aliphatic carbocycles. The Morgan fingerprint density at radius 1 is 1.04 bits per heavy atom. The second kappa shape index (κ2) is 6.49. The molecule has 2 unspecified atom stereocenters. The Bertz CT molecular complexity index is 878. The molecule has 1 aliphatic heterocycles. The number of fused-ring (bicyclic) bond motifs is 2. The van der Waals surface area contributed by atoms with E-state index in [1.807, 2.05) is 39.8 Å². The lowest BCUT2D eigenvalue weighted by Gasteiger charge is -2.29. The topological polar surface area (TPSA) is 70.8 Å². The molecule has 2 atom stereocenters. The van der Waals surface area contributed by atoms with E-state index >= 15 is 0 Å². The van der Waals surface area contributed by atoms with Crippen LogP contribution in [-0.2, 0) is 15.6 Å². The van der Waals surface area contributed by atoms with Crippen LogP contribution < -0.4 is 14.9 Å². The number of aryl methyl sites for hydroxylation is 4. The largest absolute Gasteiger partial charge is 0.604 e. The van der Waals surface area contributed by atoms with Gasteiger partial charge >= 0.3 is 7.82 Å². The van der Waals surface area contributed by atoms with Gasteiger partial charge in [0.15, 0.2) is 0 Å². The van der Waals surface area contributed by atoms with E-state index in [2.05, 4.69) is 23.7 Å². The van der Waals surface area contributed by atoms with E-state index < -0.39 is 7.82 Å². The number of benzene rings is 2. The molecule has 0 saturated heterocycles. The van der Waals surface area contributed by atoms with Gasteiger partial charge in [0.1, 0.15) is 11.5 Å². The summed E-state index contributed by atoms with van der Waals surface area (Å²) >= 11 is 0. The molecule has 6 heteroatoms. The van der Waals surface area contributed by atoms with Crippen LogP contribution in [0.3, 0.4) is 0 Å². The maximum absolute atomic E-state index is 13.0. The van der Waals surface area contributed by atoms with Gasteiger partial charge in [0.05, 0.1) is 0 Å². The molecule has 0 amide bonds. The van der Waals surface area contributed by atoms with Crippen LogP contribution in [0.15, 0.2) is 24.3 Å². The van der Waals surface area contributed by atoms with Crippen LogP contribution in [0.25, 0.3) is 0 Å². The van der Waals surface area contributed by atoms with Crippen LogP contribution in [-0.4, -0.2) is 0 Å². The smallest absolute Gasteiger partial charge is 0.394 e. The molecule has 25 heavy (non-hydrogen) atoms. The highest BCUT2D eigenvalue weighted by molar-refractivity contribution is 7.49. The van der Waals surface area contributed by atoms with Gasteiger partial charge in [-0.2, -0.15) is 4.62 Å². The molecular formula is C19H24NO4P. The fourth-order valence-electron chi connectivity index (χ4n) is 3.46. The summed E-state index contributed by atoms with van der Waals surface area (Å²) in [6, 6.07) is 8.11. The van der Waals surface area contributed by atoms with Gasteiger partial charge in [0.25, 0.3) is 0 Å². The summed E-state index contributed by atoms with van der Waals surface area (Å²) in [6.07, 6.45) is 0.737. The Morgan fingerprint density at radius 3 is 2.20 bits per heavy atom. The number of rotatable bonds is 2. The van der Waals surface area contributed by atoms with Crippen LogP contribution in [0.5, 0.6) is 11.5 Å². The van der Waals surface area contributed by atoms with E-state index in [9.17, 15) is 4.57 Å². The first-order valence-electron chi connectivity index (χ1n) is 8.40. The molecule has 0 spiro atoms. The third kappa shape index (κ3) is 3.20. The predicted molar refractivity (Wildman–Crippen MR) is 98.1 cm³/mol. The molecule has 2 N–H and O–H groups in total. The van der Waals surface area contributed by atoms with E-state index in [-0.39, 0.29) is 5.92 Å². The van der Waals surface area contributed by atoms with Crippen molar-refractivity contribution in [2.75, 3.05) is 0 Å². The van der Waals surface area contributed by atoms with E-state index in [1.165, 1.54) is 0 Å². The molecule has 0 aromatic heterocycles. The summed E-state index contributed by atoms with van der Waals surface area (Å²) in [4.78, 5) is 0. The lowest BCUT2D eigenvalue weighted by Crippen LogP contribution is -2.16. The Hall–Kier alpha value is -1.81. The molecule has 2 aromatic rings.